The van der Waals surface area contributed by atoms with Crippen molar-refractivity contribution in [2.45, 2.75) is 33.6 Å². The van der Waals surface area contributed by atoms with Crippen molar-refractivity contribution in [1.82, 2.24) is 15.6 Å². The predicted molar refractivity (Wildman–Crippen MR) is 94.7 cm³/mol. The third-order valence-corrected chi connectivity index (χ3v) is 3.36. The molecule has 0 fully saturated rings. The summed E-state index contributed by atoms with van der Waals surface area (Å²) in [6.45, 7) is 8.71. The number of rotatable bonds is 7. The summed E-state index contributed by atoms with van der Waals surface area (Å²) in [5.74, 6) is 1.53. The molecule has 5 heteroatoms. The molecule has 0 atom stereocenters. The molecule has 0 bridgehead atoms. The van der Waals surface area contributed by atoms with Crippen LogP contribution in [-0.2, 0) is 6.42 Å². The fourth-order valence-electron chi connectivity index (χ4n) is 2.12. The van der Waals surface area contributed by atoms with Crippen molar-refractivity contribution < 1.29 is 4.42 Å². The first-order chi connectivity index (χ1) is 11.2. The van der Waals surface area contributed by atoms with Crippen LogP contribution in [0.15, 0.2) is 39.9 Å². The zero-order valence-electron chi connectivity index (χ0n) is 14.2. The molecule has 1 aromatic heterocycles. The van der Waals surface area contributed by atoms with Crippen LogP contribution in [0.4, 0.5) is 0 Å². The first kappa shape index (κ1) is 17.1. The molecule has 1 heterocycles. The smallest absolute Gasteiger partial charge is 0.226 e. The van der Waals surface area contributed by atoms with Crippen LogP contribution in [0.1, 0.15) is 31.5 Å². The molecular formula is C18H26N4O. The molecule has 0 radical (unpaired) electrons. The van der Waals surface area contributed by atoms with E-state index in [-0.39, 0.29) is 0 Å². The topological polar surface area (TPSA) is 62.5 Å². The van der Waals surface area contributed by atoms with E-state index in [1.165, 1.54) is 5.56 Å². The highest BCUT2D eigenvalue weighted by molar-refractivity contribution is 5.79. The number of aromatic nitrogens is 1. The lowest BCUT2D eigenvalue weighted by Gasteiger charge is -2.10. The molecule has 0 amide bonds. The van der Waals surface area contributed by atoms with Crippen LogP contribution in [0.25, 0.3) is 11.5 Å². The summed E-state index contributed by atoms with van der Waals surface area (Å²) in [5, 5.41) is 6.55. The first-order valence-electron chi connectivity index (χ1n) is 8.26. The third kappa shape index (κ3) is 5.43. The second kappa shape index (κ2) is 8.98. The van der Waals surface area contributed by atoms with E-state index in [2.05, 4.69) is 53.5 Å². The standard InChI is InChI=1S/C18H26N4O/c1-4-11-20-18(19-5-2)21-12-10-16-13-23-17(22-16)15-8-6-14(3)7-9-15/h6-9,13H,4-5,10-12H2,1-3H3,(H2,19,20,21). The Kier molecular flexibility index (Phi) is 6.66. The van der Waals surface area contributed by atoms with Crippen molar-refractivity contribution in [2.75, 3.05) is 19.6 Å². The molecule has 2 aromatic rings. The minimum absolute atomic E-state index is 0.673. The average molecular weight is 314 g/mol. The molecule has 0 aliphatic heterocycles. The molecule has 0 saturated carbocycles. The summed E-state index contributed by atoms with van der Waals surface area (Å²) in [6.07, 6.45) is 3.57. The predicted octanol–water partition coefficient (Wildman–Crippen LogP) is 3.16. The molecule has 0 spiro atoms. The van der Waals surface area contributed by atoms with Gasteiger partial charge in [-0.2, -0.15) is 0 Å². The van der Waals surface area contributed by atoms with Crippen molar-refractivity contribution in [2.24, 2.45) is 4.99 Å². The fourth-order valence-corrected chi connectivity index (χ4v) is 2.12. The van der Waals surface area contributed by atoms with Crippen LogP contribution < -0.4 is 10.6 Å². The maximum atomic E-state index is 5.58. The van der Waals surface area contributed by atoms with Gasteiger partial charge >= 0.3 is 0 Å². The lowest BCUT2D eigenvalue weighted by atomic mass is 10.1. The number of guanidine groups is 1. The minimum atomic E-state index is 0.673. The Balaban J connectivity index is 1.88. The first-order valence-corrected chi connectivity index (χ1v) is 8.26. The second-order valence-electron chi connectivity index (χ2n) is 5.45. The molecule has 5 nitrogen and oxygen atoms in total. The van der Waals surface area contributed by atoms with Gasteiger partial charge in [-0.1, -0.05) is 24.6 Å². The van der Waals surface area contributed by atoms with Gasteiger partial charge in [-0.25, -0.2) is 4.98 Å². The van der Waals surface area contributed by atoms with E-state index in [1.54, 1.807) is 6.26 Å². The normalized spacial score (nSPS) is 11.5. The summed E-state index contributed by atoms with van der Waals surface area (Å²) in [4.78, 5) is 9.02. The van der Waals surface area contributed by atoms with Gasteiger partial charge in [0.15, 0.2) is 5.96 Å². The number of hydrogen-bond donors (Lipinski definition) is 2. The van der Waals surface area contributed by atoms with Gasteiger partial charge in [0.25, 0.3) is 0 Å². The van der Waals surface area contributed by atoms with E-state index < -0.39 is 0 Å². The second-order valence-corrected chi connectivity index (χ2v) is 5.45. The quantitative estimate of drug-likeness (QED) is 0.609. The number of benzene rings is 1. The lowest BCUT2D eigenvalue weighted by molar-refractivity contribution is 0.572. The molecular weight excluding hydrogens is 288 g/mol. The Bertz CT molecular complexity index is 616. The van der Waals surface area contributed by atoms with Crippen molar-refractivity contribution in [1.29, 1.82) is 0 Å². The van der Waals surface area contributed by atoms with E-state index in [1.807, 2.05) is 12.1 Å². The van der Waals surface area contributed by atoms with Gasteiger partial charge in [-0.3, -0.25) is 4.99 Å². The zero-order chi connectivity index (χ0) is 16.5. The number of nitrogens with one attached hydrogen (secondary N) is 2. The van der Waals surface area contributed by atoms with Crippen LogP contribution in [0.5, 0.6) is 0 Å². The van der Waals surface area contributed by atoms with Crippen LogP contribution in [-0.4, -0.2) is 30.6 Å². The van der Waals surface area contributed by atoms with Crippen LogP contribution in [0, 0.1) is 6.92 Å². The molecule has 0 aliphatic carbocycles. The van der Waals surface area contributed by atoms with Gasteiger partial charge in [0, 0.05) is 31.6 Å². The molecule has 0 saturated heterocycles. The molecule has 2 rings (SSSR count). The molecule has 0 aliphatic rings. The average Bonchev–Trinajstić information content (AvgIpc) is 3.02. The van der Waals surface area contributed by atoms with E-state index in [4.69, 9.17) is 4.42 Å². The summed E-state index contributed by atoms with van der Waals surface area (Å²) < 4.78 is 5.58. The molecule has 23 heavy (non-hydrogen) atoms. The van der Waals surface area contributed by atoms with Crippen molar-refractivity contribution >= 4 is 5.96 Å². The van der Waals surface area contributed by atoms with Gasteiger partial charge in [0.1, 0.15) is 6.26 Å². The molecule has 2 N–H and O–H groups in total. The Labute approximate surface area is 138 Å². The number of hydrogen-bond acceptors (Lipinski definition) is 3. The third-order valence-electron chi connectivity index (χ3n) is 3.36. The zero-order valence-corrected chi connectivity index (χ0v) is 14.2. The maximum Gasteiger partial charge on any atom is 0.226 e. The van der Waals surface area contributed by atoms with Gasteiger partial charge in [0.05, 0.1) is 5.69 Å². The number of aryl methyl sites for hydroxylation is 1. The van der Waals surface area contributed by atoms with Gasteiger partial charge in [0.2, 0.25) is 5.89 Å². The summed E-state index contributed by atoms with van der Waals surface area (Å²) in [6, 6.07) is 8.19. The van der Waals surface area contributed by atoms with Crippen LogP contribution in [0.2, 0.25) is 0 Å². The highest BCUT2D eigenvalue weighted by Gasteiger charge is 2.06. The largest absolute Gasteiger partial charge is 0.444 e. The monoisotopic (exact) mass is 314 g/mol. The highest BCUT2D eigenvalue weighted by atomic mass is 16.3. The van der Waals surface area contributed by atoms with Crippen molar-refractivity contribution in [3.63, 3.8) is 0 Å². The van der Waals surface area contributed by atoms with Crippen molar-refractivity contribution in [3.8, 4) is 11.5 Å². The Morgan fingerprint density at radius 2 is 1.96 bits per heavy atom. The summed E-state index contributed by atoms with van der Waals surface area (Å²) in [7, 11) is 0. The molecule has 1 aromatic carbocycles. The van der Waals surface area contributed by atoms with E-state index in [9.17, 15) is 0 Å². The van der Waals surface area contributed by atoms with Crippen molar-refractivity contribution in [3.05, 3.63) is 41.8 Å². The summed E-state index contributed by atoms with van der Waals surface area (Å²) >= 11 is 0. The lowest BCUT2D eigenvalue weighted by Crippen LogP contribution is -2.38. The Morgan fingerprint density at radius 3 is 2.65 bits per heavy atom. The van der Waals surface area contributed by atoms with E-state index in [0.717, 1.165) is 49.7 Å². The minimum Gasteiger partial charge on any atom is -0.444 e. The highest BCUT2D eigenvalue weighted by Crippen LogP contribution is 2.19. The van der Waals surface area contributed by atoms with Gasteiger partial charge < -0.3 is 15.1 Å². The van der Waals surface area contributed by atoms with E-state index >= 15 is 0 Å². The van der Waals surface area contributed by atoms with Gasteiger partial charge in [-0.05, 0) is 32.4 Å². The molecule has 124 valence electrons. The number of aliphatic imine (C=N–C) groups is 1. The maximum absolute atomic E-state index is 5.58. The van der Waals surface area contributed by atoms with Gasteiger partial charge in [-0.15, -0.1) is 0 Å². The Morgan fingerprint density at radius 1 is 1.17 bits per heavy atom. The number of oxazole rings is 1. The number of nitrogens with zero attached hydrogens (tertiary/aromatic N) is 2. The van der Waals surface area contributed by atoms with Crippen LogP contribution >= 0.6 is 0 Å². The van der Waals surface area contributed by atoms with E-state index in [0.29, 0.717) is 5.89 Å². The molecule has 0 unspecified atom stereocenters. The SMILES string of the molecule is CCCN=C(NCC)NCCc1coc(-c2ccc(C)cc2)n1. The van der Waals surface area contributed by atoms with Crippen LogP contribution in [0.3, 0.4) is 0 Å². The summed E-state index contributed by atoms with van der Waals surface area (Å²) in [5.41, 5.74) is 3.18. The Hall–Kier alpha value is -2.30. The fraction of sp³-hybridized carbons (Fsp3) is 0.444.